The van der Waals surface area contributed by atoms with E-state index in [1.807, 2.05) is 30.3 Å². The van der Waals surface area contributed by atoms with Crippen molar-refractivity contribution >= 4 is 15.9 Å². The Labute approximate surface area is 183 Å². The van der Waals surface area contributed by atoms with Gasteiger partial charge in [-0.25, -0.2) is 8.42 Å². The maximum Gasteiger partial charge on any atom is 0.243 e. The van der Waals surface area contributed by atoms with Gasteiger partial charge in [0.2, 0.25) is 15.9 Å². The van der Waals surface area contributed by atoms with Gasteiger partial charge in [0, 0.05) is 31.1 Å². The number of aryl methyl sites for hydroxylation is 3. The van der Waals surface area contributed by atoms with Crippen LogP contribution in [0, 0.1) is 0 Å². The molecular formula is C24H28N2O4S. The Hall–Kier alpha value is -2.38. The number of hydrogen-bond acceptors (Lipinski definition) is 4. The second kappa shape index (κ2) is 8.28. The number of carbonyl (C=O) groups is 1. The first-order valence-corrected chi connectivity index (χ1v) is 12.6. The first-order valence-electron chi connectivity index (χ1n) is 11.1. The van der Waals surface area contributed by atoms with Gasteiger partial charge in [-0.2, -0.15) is 4.31 Å². The summed E-state index contributed by atoms with van der Waals surface area (Å²) < 4.78 is 34.1. The molecule has 2 aromatic rings. The Morgan fingerprint density at radius 2 is 1.90 bits per heavy atom. The molecular weight excluding hydrogens is 412 g/mol. The lowest BCUT2D eigenvalue weighted by Crippen LogP contribution is -2.32. The summed E-state index contributed by atoms with van der Waals surface area (Å²) in [6.45, 7) is 0.907. The van der Waals surface area contributed by atoms with Crippen LogP contribution >= 0.6 is 0 Å². The molecule has 1 aliphatic heterocycles. The molecule has 31 heavy (non-hydrogen) atoms. The number of fused-ring (bicyclic) bond motifs is 2. The Balaban J connectivity index is 1.33. The van der Waals surface area contributed by atoms with E-state index < -0.39 is 10.0 Å². The van der Waals surface area contributed by atoms with E-state index in [-0.39, 0.29) is 12.5 Å². The number of benzene rings is 2. The molecule has 0 radical (unpaired) electrons. The van der Waals surface area contributed by atoms with Gasteiger partial charge in [0.25, 0.3) is 0 Å². The minimum absolute atomic E-state index is 0.0782. The predicted octanol–water partition coefficient (Wildman–Crippen LogP) is 2.97. The van der Waals surface area contributed by atoms with Gasteiger partial charge in [0.1, 0.15) is 12.4 Å². The zero-order chi connectivity index (χ0) is 21.4. The van der Waals surface area contributed by atoms with Crippen LogP contribution in [0.25, 0.3) is 0 Å². The van der Waals surface area contributed by atoms with Crippen molar-refractivity contribution in [3.63, 3.8) is 0 Å². The summed E-state index contributed by atoms with van der Waals surface area (Å²) in [5, 5.41) is 3.01. The summed E-state index contributed by atoms with van der Waals surface area (Å²) in [7, 11) is -3.61. The van der Waals surface area contributed by atoms with E-state index >= 15 is 0 Å². The molecule has 3 aliphatic rings. The standard InChI is InChI=1S/C24H28N2O4S/c27-24(25-21-7-8-21)11-5-17-4-10-23-20(14-17)16-26(12-13-30-23)31(28,29)22-9-6-18-2-1-3-19(18)15-22/h4,6,9-10,14-15,21H,1-3,5,7-8,11-13,16H2,(H,25,27). The average Bonchev–Trinajstić information content (AvgIpc) is 3.49. The lowest BCUT2D eigenvalue weighted by atomic mass is 10.1. The van der Waals surface area contributed by atoms with Gasteiger partial charge in [-0.1, -0.05) is 18.2 Å². The van der Waals surface area contributed by atoms with Gasteiger partial charge >= 0.3 is 0 Å². The van der Waals surface area contributed by atoms with Crippen LogP contribution in [-0.4, -0.2) is 37.8 Å². The van der Waals surface area contributed by atoms with Crippen LogP contribution in [0.2, 0.25) is 0 Å². The summed E-state index contributed by atoms with van der Waals surface area (Å²) in [6.07, 6.45) is 6.29. The van der Waals surface area contributed by atoms with Crippen LogP contribution in [-0.2, 0) is 40.6 Å². The van der Waals surface area contributed by atoms with Crippen molar-refractivity contribution in [3.05, 3.63) is 58.7 Å². The van der Waals surface area contributed by atoms with Gasteiger partial charge in [0.15, 0.2) is 0 Å². The number of rotatable bonds is 6. The molecule has 164 valence electrons. The molecule has 0 saturated heterocycles. The zero-order valence-electron chi connectivity index (χ0n) is 17.6. The van der Waals surface area contributed by atoms with Gasteiger partial charge in [-0.15, -0.1) is 0 Å². The molecule has 1 amide bonds. The van der Waals surface area contributed by atoms with E-state index in [1.54, 1.807) is 6.07 Å². The van der Waals surface area contributed by atoms with E-state index in [2.05, 4.69) is 5.32 Å². The lowest BCUT2D eigenvalue weighted by molar-refractivity contribution is -0.121. The highest BCUT2D eigenvalue weighted by Gasteiger charge is 2.29. The fourth-order valence-corrected chi connectivity index (χ4v) is 5.88. The molecule has 6 nitrogen and oxygen atoms in total. The molecule has 0 atom stereocenters. The first-order chi connectivity index (χ1) is 15.0. The van der Waals surface area contributed by atoms with E-state index in [9.17, 15) is 13.2 Å². The number of hydrogen-bond donors (Lipinski definition) is 1. The molecule has 1 saturated carbocycles. The van der Waals surface area contributed by atoms with Crippen molar-refractivity contribution in [3.8, 4) is 5.75 Å². The Bertz CT molecular complexity index is 1110. The van der Waals surface area contributed by atoms with Crippen molar-refractivity contribution in [2.75, 3.05) is 13.2 Å². The number of carbonyl (C=O) groups excluding carboxylic acids is 1. The summed E-state index contributed by atoms with van der Waals surface area (Å²) in [4.78, 5) is 12.4. The fraction of sp³-hybridized carbons (Fsp3) is 0.458. The van der Waals surface area contributed by atoms with E-state index in [0.29, 0.717) is 36.9 Å². The third kappa shape index (κ3) is 4.48. The van der Waals surface area contributed by atoms with Crippen LogP contribution < -0.4 is 10.1 Å². The van der Waals surface area contributed by atoms with Gasteiger partial charge in [-0.05, 0) is 73.4 Å². The molecule has 0 bridgehead atoms. The Morgan fingerprint density at radius 1 is 1.06 bits per heavy atom. The Morgan fingerprint density at radius 3 is 2.74 bits per heavy atom. The molecule has 0 unspecified atom stereocenters. The van der Waals surface area contributed by atoms with Crippen molar-refractivity contribution in [2.45, 2.75) is 62.4 Å². The molecule has 1 fully saturated rings. The molecule has 0 aromatic heterocycles. The van der Waals surface area contributed by atoms with Crippen LogP contribution in [0.4, 0.5) is 0 Å². The second-order valence-electron chi connectivity index (χ2n) is 8.75. The van der Waals surface area contributed by atoms with Crippen molar-refractivity contribution in [1.82, 2.24) is 9.62 Å². The van der Waals surface area contributed by atoms with E-state index in [1.165, 1.54) is 9.87 Å². The van der Waals surface area contributed by atoms with Crippen molar-refractivity contribution in [2.24, 2.45) is 0 Å². The Kier molecular flexibility index (Phi) is 5.48. The van der Waals surface area contributed by atoms with Crippen LogP contribution in [0.15, 0.2) is 41.3 Å². The van der Waals surface area contributed by atoms with Crippen LogP contribution in [0.1, 0.15) is 47.9 Å². The summed E-state index contributed by atoms with van der Waals surface area (Å²) >= 11 is 0. The maximum absolute atomic E-state index is 13.4. The number of amides is 1. The lowest BCUT2D eigenvalue weighted by Gasteiger charge is -2.20. The van der Waals surface area contributed by atoms with Crippen LogP contribution in [0.5, 0.6) is 5.75 Å². The molecule has 0 spiro atoms. The number of nitrogens with one attached hydrogen (secondary N) is 1. The smallest absolute Gasteiger partial charge is 0.243 e. The highest BCUT2D eigenvalue weighted by atomic mass is 32.2. The van der Waals surface area contributed by atoms with E-state index in [4.69, 9.17) is 4.74 Å². The first kappa shape index (κ1) is 20.5. The molecule has 1 heterocycles. The number of nitrogens with zero attached hydrogens (tertiary/aromatic N) is 1. The van der Waals surface area contributed by atoms with Crippen LogP contribution in [0.3, 0.4) is 0 Å². The molecule has 7 heteroatoms. The highest BCUT2D eigenvalue weighted by Crippen LogP contribution is 2.30. The topological polar surface area (TPSA) is 75.7 Å². The normalized spacial score (nSPS) is 18.6. The zero-order valence-corrected chi connectivity index (χ0v) is 18.4. The third-order valence-electron chi connectivity index (χ3n) is 6.36. The quantitative estimate of drug-likeness (QED) is 0.749. The third-order valence-corrected chi connectivity index (χ3v) is 8.20. The molecule has 2 aromatic carbocycles. The molecule has 1 N–H and O–H groups in total. The second-order valence-corrected chi connectivity index (χ2v) is 10.7. The monoisotopic (exact) mass is 440 g/mol. The summed E-state index contributed by atoms with van der Waals surface area (Å²) in [6, 6.07) is 11.8. The minimum Gasteiger partial charge on any atom is -0.492 e. The van der Waals surface area contributed by atoms with Gasteiger partial charge in [-0.3, -0.25) is 4.79 Å². The molecule has 2 aliphatic carbocycles. The van der Waals surface area contributed by atoms with Gasteiger partial charge in [0.05, 0.1) is 4.90 Å². The van der Waals surface area contributed by atoms with E-state index in [0.717, 1.165) is 54.5 Å². The highest BCUT2D eigenvalue weighted by molar-refractivity contribution is 7.89. The maximum atomic E-state index is 13.4. The van der Waals surface area contributed by atoms with Gasteiger partial charge < -0.3 is 10.1 Å². The van der Waals surface area contributed by atoms with Crippen molar-refractivity contribution < 1.29 is 17.9 Å². The average molecular weight is 441 g/mol. The fourth-order valence-electron chi connectivity index (χ4n) is 4.43. The minimum atomic E-state index is -3.61. The number of ether oxygens (including phenoxy) is 1. The summed E-state index contributed by atoms with van der Waals surface area (Å²) in [5.74, 6) is 0.798. The largest absolute Gasteiger partial charge is 0.492 e. The SMILES string of the molecule is O=C(CCc1ccc2c(c1)CN(S(=O)(=O)c1ccc3c(c1)CCC3)CCO2)NC1CC1. The summed E-state index contributed by atoms with van der Waals surface area (Å²) in [5.41, 5.74) is 4.28. The predicted molar refractivity (Wildman–Crippen MR) is 117 cm³/mol. The number of sulfonamides is 1. The molecule has 5 rings (SSSR count). The van der Waals surface area contributed by atoms with Crippen molar-refractivity contribution in [1.29, 1.82) is 0 Å².